The van der Waals surface area contributed by atoms with Crippen LogP contribution >= 0.6 is 0 Å². The first kappa shape index (κ1) is 32.7. The van der Waals surface area contributed by atoms with Crippen LogP contribution in [0.5, 0.6) is 0 Å². The van der Waals surface area contributed by atoms with Crippen LogP contribution in [0, 0.1) is 6.92 Å². The van der Waals surface area contributed by atoms with Gasteiger partial charge in [0.05, 0.1) is 16.1 Å². The second-order valence-corrected chi connectivity index (χ2v) is 12.1. The third-order valence-corrected chi connectivity index (χ3v) is 8.44. The summed E-state index contributed by atoms with van der Waals surface area (Å²) in [5.41, 5.74) is 0.308. The van der Waals surface area contributed by atoms with Gasteiger partial charge in [-0.3, -0.25) is 13.9 Å². The van der Waals surface area contributed by atoms with Crippen LogP contribution in [0.25, 0.3) is 0 Å². The van der Waals surface area contributed by atoms with Gasteiger partial charge in [-0.1, -0.05) is 61.0 Å². The highest BCUT2D eigenvalue weighted by Crippen LogP contribution is 2.33. The Bertz CT molecular complexity index is 1460. The maximum atomic E-state index is 14.0. The molecule has 226 valence electrons. The van der Waals surface area contributed by atoms with Gasteiger partial charge in [-0.25, -0.2) is 8.42 Å². The van der Waals surface area contributed by atoms with Gasteiger partial charge in [0.2, 0.25) is 11.8 Å². The molecule has 1 N–H and O–H groups in total. The molecule has 0 saturated heterocycles. The van der Waals surface area contributed by atoms with Crippen LogP contribution in [0.1, 0.15) is 43.9 Å². The Balaban J connectivity index is 2.07. The van der Waals surface area contributed by atoms with Crippen molar-refractivity contribution >= 4 is 27.5 Å². The predicted molar refractivity (Wildman–Crippen MR) is 156 cm³/mol. The number of sulfonamides is 1. The third kappa shape index (κ3) is 8.34. The maximum Gasteiger partial charge on any atom is 0.416 e. The van der Waals surface area contributed by atoms with Gasteiger partial charge in [0.25, 0.3) is 10.0 Å². The fourth-order valence-corrected chi connectivity index (χ4v) is 5.89. The summed E-state index contributed by atoms with van der Waals surface area (Å²) >= 11 is 0. The molecule has 0 aliphatic rings. The number of halogens is 3. The minimum Gasteiger partial charge on any atom is -0.352 e. The van der Waals surface area contributed by atoms with Crippen molar-refractivity contribution in [3.05, 3.63) is 95.6 Å². The molecule has 0 aliphatic heterocycles. The Hall–Kier alpha value is -3.86. The zero-order chi connectivity index (χ0) is 31.1. The molecule has 0 aromatic heterocycles. The molecule has 3 aromatic carbocycles. The number of aryl methyl sites for hydroxylation is 1. The first-order chi connectivity index (χ1) is 19.7. The van der Waals surface area contributed by atoms with Crippen LogP contribution < -0.4 is 9.62 Å². The quantitative estimate of drug-likeness (QED) is 0.293. The van der Waals surface area contributed by atoms with Crippen molar-refractivity contribution in [1.82, 2.24) is 10.2 Å². The fourth-order valence-electron chi connectivity index (χ4n) is 4.48. The molecule has 11 heteroatoms. The van der Waals surface area contributed by atoms with Gasteiger partial charge in [0, 0.05) is 12.6 Å². The highest BCUT2D eigenvalue weighted by molar-refractivity contribution is 7.92. The van der Waals surface area contributed by atoms with Gasteiger partial charge >= 0.3 is 6.18 Å². The smallest absolute Gasteiger partial charge is 0.352 e. The molecular formula is C31H36F3N3O4S. The van der Waals surface area contributed by atoms with Gasteiger partial charge in [-0.15, -0.1) is 0 Å². The van der Waals surface area contributed by atoms with Crippen LogP contribution in [0.15, 0.2) is 83.8 Å². The van der Waals surface area contributed by atoms with Gasteiger partial charge in [0.15, 0.2) is 0 Å². The van der Waals surface area contributed by atoms with E-state index in [2.05, 4.69) is 5.32 Å². The number of nitrogens with zero attached hydrogens (tertiary/aromatic N) is 2. The number of hydrogen-bond donors (Lipinski definition) is 1. The number of anilines is 1. The largest absolute Gasteiger partial charge is 0.416 e. The molecule has 0 aliphatic carbocycles. The summed E-state index contributed by atoms with van der Waals surface area (Å²) in [5, 5.41) is 2.81. The van der Waals surface area contributed by atoms with Crippen LogP contribution in [-0.4, -0.2) is 50.3 Å². The van der Waals surface area contributed by atoms with Crippen molar-refractivity contribution in [2.75, 3.05) is 17.4 Å². The number of alkyl halides is 3. The molecule has 1 unspecified atom stereocenters. The molecule has 0 fully saturated rings. The van der Waals surface area contributed by atoms with E-state index in [0.29, 0.717) is 16.8 Å². The summed E-state index contributed by atoms with van der Waals surface area (Å²) in [6.07, 6.45) is -4.11. The zero-order valence-corrected chi connectivity index (χ0v) is 24.9. The van der Waals surface area contributed by atoms with Crippen LogP contribution in [0.2, 0.25) is 0 Å². The number of amides is 2. The van der Waals surface area contributed by atoms with Gasteiger partial charge in [-0.05, 0) is 69.5 Å². The SMILES string of the molecule is CCC(C(=O)NC(C)C)N(CCc1ccccc1)C(=O)CN(c1cccc(C(F)(F)F)c1)S(=O)(=O)c1ccc(C)cc1. The lowest BCUT2D eigenvalue weighted by atomic mass is 10.1. The summed E-state index contributed by atoms with van der Waals surface area (Å²) in [6.45, 7) is 6.35. The van der Waals surface area contributed by atoms with E-state index in [1.54, 1.807) is 39.8 Å². The number of rotatable bonds is 12. The lowest BCUT2D eigenvalue weighted by Crippen LogP contribution is -2.54. The summed E-state index contributed by atoms with van der Waals surface area (Å²) in [7, 11) is -4.48. The minimum absolute atomic E-state index is 0.0911. The van der Waals surface area contributed by atoms with Crippen molar-refractivity contribution < 1.29 is 31.2 Å². The molecule has 0 bridgehead atoms. The Morgan fingerprint density at radius 1 is 0.929 bits per heavy atom. The number of nitrogens with one attached hydrogen (secondary N) is 1. The van der Waals surface area contributed by atoms with Gasteiger partial charge in [0.1, 0.15) is 12.6 Å². The molecule has 0 saturated carbocycles. The highest BCUT2D eigenvalue weighted by atomic mass is 32.2. The molecule has 7 nitrogen and oxygen atoms in total. The monoisotopic (exact) mass is 603 g/mol. The Labute approximate surface area is 245 Å². The topological polar surface area (TPSA) is 86.8 Å². The Morgan fingerprint density at radius 2 is 1.57 bits per heavy atom. The molecule has 0 radical (unpaired) electrons. The molecule has 0 spiro atoms. The van der Waals surface area contributed by atoms with E-state index < -0.39 is 46.2 Å². The Kier molecular flexibility index (Phi) is 10.8. The van der Waals surface area contributed by atoms with E-state index in [9.17, 15) is 31.2 Å². The van der Waals surface area contributed by atoms with Gasteiger partial charge < -0.3 is 10.2 Å². The standard InChI is InChI=1S/C31H36F3N3O4S/c1-5-28(30(39)35-22(2)3)36(19-18-24-10-7-6-8-11-24)29(38)21-37(26-13-9-12-25(20-26)31(32,33)34)42(40,41)27-16-14-23(4)15-17-27/h6-17,20,22,28H,5,18-19,21H2,1-4H3,(H,35,39). The molecule has 0 heterocycles. The number of hydrogen-bond acceptors (Lipinski definition) is 4. The second kappa shape index (κ2) is 13.9. The predicted octanol–water partition coefficient (Wildman–Crippen LogP) is 5.58. The first-order valence-electron chi connectivity index (χ1n) is 13.6. The van der Waals surface area contributed by atoms with Crippen molar-refractivity contribution in [2.24, 2.45) is 0 Å². The van der Waals surface area contributed by atoms with E-state index in [1.165, 1.54) is 23.1 Å². The lowest BCUT2D eigenvalue weighted by Gasteiger charge is -2.33. The molecule has 42 heavy (non-hydrogen) atoms. The molecular weight excluding hydrogens is 567 g/mol. The number of carbonyl (C=O) groups excluding carboxylic acids is 2. The molecule has 1 atom stereocenters. The van der Waals surface area contributed by atoms with Crippen molar-refractivity contribution in [1.29, 1.82) is 0 Å². The van der Waals surface area contributed by atoms with Crippen LogP contribution in [0.3, 0.4) is 0 Å². The summed E-state index contributed by atoms with van der Waals surface area (Å²) in [6, 6.07) is 17.8. The second-order valence-electron chi connectivity index (χ2n) is 10.3. The molecule has 3 aromatic rings. The van der Waals surface area contributed by atoms with Crippen LogP contribution in [-0.2, 0) is 32.2 Å². The summed E-state index contributed by atoms with van der Waals surface area (Å²) in [4.78, 5) is 28.2. The van der Waals surface area contributed by atoms with Crippen molar-refractivity contribution in [3.8, 4) is 0 Å². The van der Waals surface area contributed by atoms with E-state index in [1.807, 2.05) is 30.3 Å². The fraction of sp³-hybridized carbons (Fsp3) is 0.355. The van der Waals surface area contributed by atoms with E-state index >= 15 is 0 Å². The summed E-state index contributed by atoms with van der Waals surface area (Å²) in [5.74, 6) is -1.12. The molecule has 3 rings (SSSR count). The van der Waals surface area contributed by atoms with Gasteiger partial charge in [-0.2, -0.15) is 13.2 Å². The van der Waals surface area contributed by atoms with Crippen molar-refractivity contribution in [3.63, 3.8) is 0 Å². The van der Waals surface area contributed by atoms with Crippen LogP contribution in [0.4, 0.5) is 18.9 Å². The average Bonchev–Trinajstić information content (AvgIpc) is 2.93. The Morgan fingerprint density at radius 3 is 2.14 bits per heavy atom. The highest BCUT2D eigenvalue weighted by Gasteiger charge is 2.35. The van der Waals surface area contributed by atoms with E-state index in [4.69, 9.17) is 0 Å². The summed E-state index contributed by atoms with van der Waals surface area (Å²) < 4.78 is 69.2. The molecule has 2 amide bonds. The maximum absolute atomic E-state index is 14.0. The minimum atomic E-state index is -4.73. The third-order valence-electron chi connectivity index (χ3n) is 6.65. The first-order valence-corrected chi connectivity index (χ1v) is 15.1. The number of carbonyl (C=O) groups is 2. The van der Waals surface area contributed by atoms with E-state index in [-0.39, 0.29) is 29.6 Å². The number of benzene rings is 3. The van der Waals surface area contributed by atoms with Crippen molar-refractivity contribution in [2.45, 2.75) is 63.7 Å². The normalized spacial score (nSPS) is 12.6. The van der Waals surface area contributed by atoms with E-state index in [0.717, 1.165) is 23.3 Å². The average molecular weight is 604 g/mol. The zero-order valence-electron chi connectivity index (χ0n) is 24.1. The lowest BCUT2D eigenvalue weighted by molar-refractivity contribution is -0.139.